The zero-order chi connectivity index (χ0) is 18.5. The summed E-state index contributed by atoms with van der Waals surface area (Å²) in [5.41, 5.74) is 0.823. The van der Waals surface area contributed by atoms with Crippen molar-refractivity contribution in [3.63, 3.8) is 0 Å². The van der Waals surface area contributed by atoms with Gasteiger partial charge in [0.25, 0.3) is 5.91 Å². The van der Waals surface area contributed by atoms with Gasteiger partial charge in [-0.1, -0.05) is 0 Å². The van der Waals surface area contributed by atoms with Gasteiger partial charge in [-0.15, -0.1) is 0 Å². The Morgan fingerprint density at radius 1 is 1.27 bits per heavy atom. The largest absolute Gasteiger partial charge is 0.497 e. The SMILES string of the molecule is COc1ccc(OC)c(C(C)NC(=O)c2ccc(Cn3cccn3)o2)c1. The van der Waals surface area contributed by atoms with Crippen LogP contribution in [-0.2, 0) is 6.54 Å². The molecule has 0 aliphatic heterocycles. The highest BCUT2D eigenvalue weighted by atomic mass is 16.5. The zero-order valence-electron chi connectivity index (χ0n) is 14.9. The van der Waals surface area contributed by atoms with E-state index < -0.39 is 0 Å². The van der Waals surface area contributed by atoms with Crippen LogP contribution in [0.4, 0.5) is 0 Å². The molecule has 3 rings (SSSR count). The molecular weight excluding hydrogens is 334 g/mol. The van der Waals surface area contributed by atoms with Crippen LogP contribution in [0.2, 0.25) is 0 Å². The van der Waals surface area contributed by atoms with Crippen LogP contribution in [0.1, 0.15) is 34.8 Å². The normalized spacial score (nSPS) is 11.8. The van der Waals surface area contributed by atoms with Gasteiger partial charge in [0.15, 0.2) is 5.76 Å². The van der Waals surface area contributed by atoms with Crippen molar-refractivity contribution in [2.45, 2.75) is 19.5 Å². The first kappa shape index (κ1) is 17.6. The maximum absolute atomic E-state index is 12.5. The van der Waals surface area contributed by atoms with Gasteiger partial charge in [0.05, 0.1) is 26.8 Å². The van der Waals surface area contributed by atoms with Crippen molar-refractivity contribution in [1.82, 2.24) is 15.1 Å². The molecule has 0 saturated heterocycles. The van der Waals surface area contributed by atoms with Gasteiger partial charge < -0.3 is 19.2 Å². The topological polar surface area (TPSA) is 78.5 Å². The van der Waals surface area contributed by atoms with Crippen molar-refractivity contribution in [1.29, 1.82) is 0 Å². The summed E-state index contributed by atoms with van der Waals surface area (Å²) in [6.45, 7) is 2.35. The third kappa shape index (κ3) is 3.88. The van der Waals surface area contributed by atoms with Crippen LogP contribution in [0.3, 0.4) is 0 Å². The number of methoxy groups -OCH3 is 2. The molecule has 1 N–H and O–H groups in total. The summed E-state index contributed by atoms with van der Waals surface area (Å²) in [7, 11) is 3.19. The number of nitrogens with one attached hydrogen (secondary N) is 1. The minimum atomic E-state index is -0.297. The fourth-order valence-corrected chi connectivity index (χ4v) is 2.66. The smallest absolute Gasteiger partial charge is 0.287 e. The van der Waals surface area contributed by atoms with Gasteiger partial charge in [-0.3, -0.25) is 9.48 Å². The van der Waals surface area contributed by atoms with Gasteiger partial charge in [0.2, 0.25) is 0 Å². The van der Waals surface area contributed by atoms with E-state index in [0.29, 0.717) is 23.8 Å². The molecule has 2 heterocycles. The van der Waals surface area contributed by atoms with Crippen molar-refractivity contribution in [3.8, 4) is 11.5 Å². The summed E-state index contributed by atoms with van der Waals surface area (Å²) >= 11 is 0. The number of nitrogens with zero attached hydrogens (tertiary/aromatic N) is 2. The highest BCUT2D eigenvalue weighted by molar-refractivity contribution is 5.91. The summed E-state index contributed by atoms with van der Waals surface area (Å²) in [5, 5.41) is 7.04. The van der Waals surface area contributed by atoms with Crippen molar-refractivity contribution < 1.29 is 18.7 Å². The third-order valence-electron chi connectivity index (χ3n) is 4.01. The van der Waals surface area contributed by atoms with Gasteiger partial charge in [-0.25, -0.2) is 0 Å². The lowest BCUT2D eigenvalue weighted by molar-refractivity contribution is 0.0909. The number of carbonyl (C=O) groups is 1. The Hall–Kier alpha value is -3.22. The molecule has 0 fully saturated rings. The van der Waals surface area contributed by atoms with E-state index in [0.717, 1.165) is 5.56 Å². The monoisotopic (exact) mass is 355 g/mol. The Morgan fingerprint density at radius 3 is 2.81 bits per heavy atom. The summed E-state index contributed by atoms with van der Waals surface area (Å²) in [5.74, 6) is 1.99. The number of benzene rings is 1. The van der Waals surface area contributed by atoms with Gasteiger partial charge in [0, 0.05) is 18.0 Å². The van der Waals surface area contributed by atoms with Crippen LogP contribution < -0.4 is 14.8 Å². The molecule has 1 atom stereocenters. The van der Waals surface area contributed by atoms with Crippen LogP contribution in [-0.4, -0.2) is 29.9 Å². The molecule has 1 aromatic carbocycles. The van der Waals surface area contributed by atoms with E-state index in [4.69, 9.17) is 13.9 Å². The lowest BCUT2D eigenvalue weighted by Crippen LogP contribution is -2.26. The number of hydrogen-bond donors (Lipinski definition) is 1. The van der Waals surface area contributed by atoms with E-state index in [1.54, 1.807) is 37.2 Å². The van der Waals surface area contributed by atoms with Gasteiger partial charge in [-0.05, 0) is 43.3 Å². The van der Waals surface area contributed by atoms with Gasteiger partial charge >= 0.3 is 0 Å². The van der Waals surface area contributed by atoms with Gasteiger partial charge in [0.1, 0.15) is 17.3 Å². The first-order valence-electron chi connectivity index (χ1n) is 8.19. The molecule has 7 heteroatoms. The predicted molar refractivity (Wildman–Crippen MR) is 95.5 cm³/mol. The minimum absolute atomic E-state index is 0.251. The fourth-order valence-electron chi connectivity index (χ4n) is 2.66. The Bertz CT molecular complexity index is 871. The van der Waals surface area contributed by atoms with Gasteiger partial charge in [-0.2, -0.15) is 5.10 Å². The lowest BCUT2D eigenvalue weighted by atomic mass is 10.1. The number of hydrogen-bond acceptors (Lipinski definition) is 5. The standard InChI is InChI=1S/C19H21N3O4/c1-13(16-11-14(24-2)5-7-17(16)25-3)21-19(23)18-8-6-15(26-18)12-22-10-4-9-20-22/h4-11,13H,12H2,1-3H3,(H,21,23). The van der Waals surface area contributed by atoms with E-state index in [2.05, 4.69) is 10.4 Å². The maximum Gasteiger partial charge on any atom is 0.287 e. The molecule has 3 aromatic rings. The number of furan rings is 1. The molecular formula is C19H21N3O4. The van der Waals surface area contributed by atoms with E-state index in [1.165, 1.54) is 0 Å². The van der Waals surface area contributed by atoms with E-state index in [9.17, 15) is 4.79 Å². The van der Waals surface area contributed by atoms with Crippen LogP contribution >= 0.6 is 0 Å². The summed E-state index contributed by atoms with van der Waals surface area (Å²) in [4.78, 5) is 12.5. The van der Waals surface area contributed by atoms with Crippen LogP contribution in [0.25, 0.3) is 0 Å². The Balaban J connectivity index is 1.70. The molecule has 1 unspecified atom stereocenters. The average molecular weight is 355 g/mol. The molecule has 0 aliphatic carbocycles. The minimum Gasteiger partial charge on any atom is -0.497 e. The fraction of sp³-hybridized carbons (Fsp3) is 0.263. The highest BCUT2D eigenvalue weighted by Gasteiger charge is 2.18. The van der Waals surface area contributed by atoms with Crippen LogP contribution in [0.15, 0.2) is 53.2 Å². The van der Waals surface area contributed by atoms with Crippen molar-refractivity contribution in [2.24, 2.45) is 0 Å². The average Bonchev–Trinajstić information content (AvgIpc) is 3.33. The zero-order valence-corrected chi connectivity index (χ0v) is 14.9. The number of aromatic nitrogens is 2. The van der Waals surface area contributed by atoms with E-state index >= 15 is 0 Å². The van der Waals surface area contributed by atoms with E-state index in [1.807, 2.05) is 37.4 Å². The molecule has 0 saturated carbocycles. The Kier molecular flexibility index (Phi) is 5.26. The third-order valence-corrected chi connectivity index (χ3v) is 4.01. The number of amides is 1. The molecule has 0 radical (unpaired) electrons. The highest BCUT2D eigenvalue weighted by Crippen LogP contribution is 2.29. The summed E-state index contributed by atoms with van der Waals surface area (Å²) in [6, 6.07) is 10.4. The van der Waals surface area contributed by atoms with Crippen molar-refractivity contribution >= 4 is 5.91 Å². The number of ether oxygens (including phenoxy) is 2. The second-order valence-corrected chi connectivity index (χ2v) is 5.77. The maximum atomic E-state index is 12.5. The van der Waals surface area contributed by atoms with Crippen LogP contribution in [0, 0.1) is 0 Å². The lowest BCUT2D eigenvalue weighted by Gasteiger charge is -2.17. The quantitative estimate of drug-likeness (QED) is 0.705. The van der Waals surface area contributed by atoms with Crippen molar-refractivity contribution in [3.05, 3.63) is 65.9 Å². The summed E-state index contributed by atoms with van der Waals surface area (Å²) in [6.07, 6.45) is 3.53. The molecule has 136 valence electrons. The molecule has 26 heavy (non-hydrogen) atoms. The molecule has 7 nitrogen and oxygen atoms in total. The molecule has 1 amide bonds. The van der Waals surface area contributed by atoms with E-state index in [-0.39, 0.29) is 17.7 Å². The Morgan fingerprint density at radius 2 is 2.12 bits per heavy atom. The van der Waals surface area contributed by atoms with Crippen molar-refractivity contribution in [2.75, 3.05) is 14.2 Å². The van der Waals surface area contributed by atoms with Crippen LogP contribution in [0.5, 0.6) is 11.5 Å². The Labute approximate surface area is 151 Å². The second-order valence-electron chi connectivity index (χ2n) is 5.77. The molecule has 0 spiro atoms. The predicted octanol–water partition coefficient (Wildman–Crippen LogP) is 3.03. The first-order chi connectivity index (χ1) is 12.6. The molecule has 0 aliphatic rings. The molecule has 0 bridgehead atoms. The first-order valence-corrected chi connectivity index (χ1v) is 8.19. The number of rotatable bonds is 7. The summed E-state index contributed by atoms with van der Waals surface area (Å²) < 4.78 is 18.0. The number of carbonyl (C=O) groups excluding carboxylic acids is 1. The second kappa shape index (κ2) is 7.77. The molecule has 2 aromatic heterocycles.